The van der Waals surface area contributed by atoms with Crippen LogP contribution in [0, 0.1) is 13.8 Å². The fraction of sp³-hybridized carbons (Fsp3) is 0.160. The summed E-state index contributed by atoms with van der Waals surface area (Å²) in [5.41, 5.74) is 9.07. The van der Waals surface area contributed by atoms with Crippen LogP contribution in [-0.4, -0.2) is 32.8 Å². The first-order valence-electron chi connectivity index (χ1n) is 10.4. The number of hydrogen-bond donors (Lipinski definition) is 1. The van der Waals surface area contributed by atoms with Crippen molar-refractivity contribution in [2.24, 2.45) is 5.10 Å². The van der Waals surface area contributed by atoms with Crippen molar-refractivity contribution in [3.63, 3.8) is 0 Å². The van der Waals surface area contributed by atoms with Crippen LogP contribution in [0.25, 0.3) is 11.3 Å². The Labute approximate surface area is 187 Å². The van der Waals surface area contributed by atoms with Crippen molar-refractivity contribution >= 4 is 12.0 Å². The van der Waals surface area contributed by atoms with Crippen LogP contribution >= 0.6 is 0 Å². The first-order chi connectivity index (χ1) is 15.7. The third kappa shape index (κ3) is 5.72. The molecule has 4 aromatic rings. The van der Waals surface area contributed by atoms with Crippen LogP contribution in [0.1, 0.15) is 22.4 Å². The molecule has 0 atom stereocenters. The van der Waals surface area contributed by atoms with Gasteiger partial charge in [-0.25, -0.2) is 0 Å². The van der Waals surface area contributed by atoms with Crippen LogP contribution in [-0.2, 0) is 6.42 Å². The quantitative estimate of drug-likeness (QED) is 0.328. The monoisotopic (exact) mass is 424 g/mol. The number of nitrogens with one attached hydrogen (secondary N) is 1. The van der Waals surface area contributed by atoms with Gasteiger partial charge in [0.15, 0.2) is 5.82 Å². The number of hydrogen-bond acceptors (Lipinski definition) is 7. The first-order valence-corrected chi connectivity index (χ1v) is 10.4. The van der Waals surface area contributed by atoms with Crippen LogP contribution in [0.4, 0.5) is 5.82 Å². The molecule has 1 aromatic carbocycles. The predicted octanol–water partition coefficient (Wildman–Crippen LogP) is 4.62. The van der Waals surface area contributed by atoms with Gasteiger partial charge in [0.1, 0.15) is 0 Å². The smallest absolute Gasteiger partial charge is 0.318 e. The minimum Gasteiger partial charge on any atom is -0.463 e. The summed E-state index contributed by atoms with van der Waals surface area (Å²) >= 11 is 0. The predicted molar refractivity (Wildman–Crippen MR) is 126 cm³/mol. The molecule has 0 aliphatic carbocycles. The molecular weight excluding hydrogens is 400 g/mol. The Morgan fingerprint density at radius 1 is 0.938 bits per heavy atom. The minimum absolute atomic E-state index is 0.277. The van der Waals surface area contributed by atoms with Crippen LogP contribution in [0.3, 0.4) is 0 Å². The van der Waals surface area contributed by atoms with Crippen molar-refractivity contribution in [2.45, 2.75) is 20.3 Å². The Morgan fingerprint density at radius 2 is 1.81 bits per heavy atom. The lowest BCUT2D eigenvalue weighted by molar-refractivity contribution is 0.296. The number of aromatic nitrogens is 4. The van der Waals surface area contributed by atoms with Crippen molar-refractivity contribution in [1.29, 1.82) is 0 Å². The molecule has 4 rings (SSSR count). The lowest BCUT2D eigenvalue weighted by Crippen LogP contribution is -2.07. The van der Waals surface area contributed by atoms with Crippen molar-refractivity contribution in [1.82, 2.24) is 19.9 Å². The summed E-state index contributed by atoms with van der Waals surface area (Å²) < 4.78 is 5.84. The Morgan fingerprint density at radius 3 is 2.59 bits per heavy atom. The van der Waals surface area contributed by atoms with E-state index in [1.165, 1.54) is 11.1 Å². The largest absolute Gasteiger partial charge is 0.463 e. The zero-order valence-corrected chi connectivity index (χ0v) is 18.1. The van der Waals surface area contributed by atoms with E-state index >= 15 is 0 Å². The molecule has 7 nitrogen and oxygen atoms in total. The van der Waals surface area contributed by atoms with E-state index in [-0.39, 0.29) is 6.01 Å². The number of benzene rings is 1. The summed E-state index contributed by atoms with van der Waals surface area (Å²) in [5, 5.41) is 4.34. The first kappa shape index (κ1) is 21.1. The summed E-state index contributed by atoms with van der Waals surface area (Å²) in [6, 6.07) is 17.9. The van der Waals surface area contributed by atoms with E-state index in [0.29, 0.717) is 18.8 Å². The third-order valence-electron chi connectivity index (χ3n) is 4.92. The molecule has 0 saturated heterocycles. The highest BCUT2D eigenvalue weighted by Gasteiger charge is 2.08. The maximum atomic E-state index is 5.84. The summed E-state index contributed by atoms with van der Waals surface area (Å²) in [6.07, 6.45) is 7.65. The standard InChI is InChI=1S/C25H24N6O/c1-18-6-7-20(15-19(18)2)17-28-31-24-16-23(21-8-12-26-13-9-21)29-25(30-24)32-14-10-22-5-3-4-11-27-22/h3-9,11-13,15-17H,10,14H2,1-2H3,(H,29,30,31)/b28-17+. The third-order valence-corrected chi connectivity index (χ3v) is 4.92. The van der Waals surface area contributed by atoms with E-state index in [1.54, 1.807) is 24.8 Å². The molecule has 0 bridgehead atoms. The molecule has 3 aromatic heterocycles. The van der Waals surface area contributed by atoms with Gasteiger partial charge in [0.2, 0.25) is 0 Å². The van der Waals surface area contributed by atoms with E-state index < -0.39 is 0 Å². The van der Waals surface area contributed by atoms with Crippen molar-refractivity contribution in [3.8, 4) is 17.3 Å². The number of rotatable bonds is 8. The number of aryl methyl sites for hydroxylation is 2. The van der Waals surface area contributed by atoms with Gasteiger partial charge in [-0.15, -0.1) is 0 Å². The Balaban J connectivity index is 1.51. The zero-order valence-electron chi connectivity index (χ0n) is 18.1. The second kappa shape index (κ2) is 10.3. The maximum absolute atomic E-state index is 5.84. The molecule has 0 amide bonds. The number of ether oxygens (including phenoxy) is 1. The number of pyridine rings is 2. The van der Waals surface area contributed by atoms with Crippen molar-refractivity contribution in [3.05, 3.63) is 95.6 Å². The number of nitrogens with zero attached hydrogens (tertiary/aromatic N) is 5. The van der Waals surface area contributed by atoms with Crippen molar-refractivity contribution < 1.29 is 4.74 Å². The van der Waals surface area contributed by atoms with E-state index in [2.05, 4.69) is 56.4 Å². The fourth-order valence-corrected chi connectivity index (χ4v) is 3.03. The van der Waals surface area contributed by atoms with Gasteiger partial charge >= 0.3 is 6.01 Å². The topological polar surface area (TPSA) is 85.2 Å². The molecule has 7 heteroatoms. The Kier molecular flexibility index (Phi) is 6.77. The Bertz CT molecular complexity index is 1200. The summed E-state index contributed by atoms with van der Waals surface area (Å²) in [7, 11) is 0. The molecule has 160 valence electrons. The van der Waals surface area contributed by atoms with Gasteiger partial charge in [0.05, 0.1) is 18.5 Å². The van der Waals surface area contributed by atoms with E-state index in [4.69, 9.17) is 4.74 Å². The van der Waals surface area contributed by atoms with E-state index in [0.717, 1.165) is 22.5 Å². The van der Waals surface area contributed by atoms with Gasteiger partial charge in [-0.3, -0.25) is 15.4 Å². The molecule has 0 radical (unpaired) electrons. The molecule has 0 fully saturated rings. The number of hydrazone groups is 1. The minimum atomic E-state index is 0.277. The average molecular weight is 425 g/mol. The Hall–Kier alpha value is -4.13. The lowest BCUT2D eigenvalue weighted by atomic mass is 10.1. The van der Waals surface area contributed by atoms with Gasteiger partial charge in [-0.1, -0.05) is 24.3 Å². The molecule has 0 aliphatic rings. The SMILES string of the molecule is Cc1ccc(/C=N/Nc2cc(-c3ccncc3)nc(OCCc3ccccn3)n2)cc1C. The molecule has 0 aliphatic heterocycles. The van der Waals surface area contributed by atoms with Gasteiger partial charge in [-0.2, -0.15) is 15.1 Å². The molecule has 0 spiro atoms. The van der Waals surface area contributed by atoms with Crippen LogP contribution in [0.2, 0.25) is 0 Å². The molecule has 0 saturated carbocycles. The van der Waals surface area contributed by atoms with Gasteiger partial charge in [0.25, 0.3) is 0 Å². The molecule has 0 unspecified atom stereocenters. The van der Waals surface area contributed by atoms with E-state index in [1.807, 2.05) is 42.5 Å². The average Bonchev–Trinajstić information content (AvgIpc) is 2.83. The summed E-state index contributed by atoms with van der Waals surface area (Å²) in [4.78, 5) is 17.4. The molecule has 3 heterocycles. The van der Waals surface area contributed by atoms with Gasteiger partial charge in [0, 0.05) is 42.3 Å². The highest BCUT2D eigenvalue weighted by molar-refractivity contribution is 5.80. The highest BCUT2D eigenvalue weighted by Crippen LogP contribution is 2.22. The molecule has 1 N–H and O–H groups in total. The van der Waals surface area contributed by atoms with Crippen LogP contribution < -0.4 is 10.2 Å². The lowest BCUT2D eigenvalue weighted by Gasteiger charge is -2.09. The summed E-state index contributed by atoms with van der Waals surface area (Å²) in [6.45, 7) is 4.59. The summed E-state index contributed by atoms with van der Waals surface area (Å²) in [5.74, 6) is 0.541. The number of anilines is 1. The van der Waals surface area contributed by atoms with E-state index in [9.17, 15) is 0 Å². The molecular formula is C25H24N6O. The van der Waals surface area contributed by atoms with Gasteiger partial charge < -0.3 is 4.74 Å². The normalized spacial score (nSPS) is 10.9. The molecule has 32 heavy (non-hydrogen) atoms. The second-order valence-corrected chi connectivity index (χ2v) is 7.29. The van der Waals surface area contributed by atoms with Crippen LogP contribution in [0.15, 0.2) is 78.3 Å². The van der Waals surface area contributed by atoms with Crippen LogP contribution in [0.5, 0.6) is 6.01 Å². The zero-order chi connectivity index (χ0) is 22.2. The van der Waals surface area contributed by atoms with Crippen molar-refractivity contribution in [2.75, 3.05) is 12.0 Å². The van der Waals surface area contributed by atoms with Gasteiger partial charge in [-0.05, 0) is 54.8 Å². The second-order valence-electron chi connectivity index (χ2n) is 7.29. The fourth-order valence-electron chi connectivity index (χ4n) is 3.03. The maximum Gasteiger partial charge on any atom is 0.318 e. The highest BCUT2D eigenvalue weighted by atomic mass is 16.5.